The molecule has 4 nitrogen and oxygen atoms in total. The average molecular weight is 290 g/mol. The van der Waals surface area contributed by atoms with Crippen molar-refractivity contribution in [3.05, 3.63) is 65.2 Å². The first kappa shape index (κ1) is 14.3. The highest BCUT2D eigenvalue weighted by atomic mass is 32.2. The van der Waals surface area contributed by atoms with Gasteiger partial charge in [-0.3, -0.25) is 0 Å². The number of hydrogen-bond acceptors (Lipinski definition) is 4. The van der Waals surface area contributed by atoms with E-state index in [0.717, 1.165) is 5.56 Å². The van der Waals surface area contributed by atoms with Gasteiger partial charge in [0.15, 0.2) is 0 Å². The van der Waals surface area contributed by atoms with E-state index in [-0.39, 0.29) is 10.5 Å². The first-order chi connectivity index (χ1) is 9.42. The van der Waals surface area contributed by atoms with E-state index in [1.165, 1.54) is 18.2 Å². The molecule has 104 valence electrons. The molecule has 5 heteroatoms. The van der Waals surface area contributed by atoms with Gasteiger partial charge in [-0.15, -0.1) is 0 Å². The minimum Gasteiger partial charge on any atom is -0.338 e. The summed E-state index contributed by atoms with van der Waals surface area (Å²) in [5.41, 5.74) is 1.59. The van der Waals surface area contributed by atoms with Gasteiger partial charge in [0.25, 0.3) is 0 Å². The first-order valence-electron chi connectivity index (χ1n) is 6.02. The van der Waals surface area contributed by atoms with E-state index in [1.807, 2.05) is 0 Å². The molecular weight excluding hydrogens is 276 g/mol. The molecule has 0 saturated carbocycles. The molecule has 0 atom stereocenters. The third kappa shape index (κ3) is 2.88. The number of carbonyl (C=O) groups is 1. The summed E-state index contributed by atoms with van der Waals surface area (Å²) in [4.78, 5) is 11.8. The van der Waals surface area contributed by atoms with Gasteiger partial charge >= 0.3 is 16.1 Å². The van der Waals surface area contributed by atoms with Crippen LogP contribution in [0.15, 0.2) is 53.4 Å². The monoisotopic (exact) mass is 290 g/mol. The third-order valence-electron chi connectivity index (χ3n) is 3.02. The second kappa shape index (κ2) is 5.46. The number of hydrogen-bond donors (Lipinski definition) is 0. The van der Waals surface area contributed by atoms with Crippen LogP contribution in [-0.4, -0.2) is 14.4 Å². The molecule has 2 aromatic carbocycles. The van der Waals surface area contributed by atoms with Crippen LogP contribution in [0.5, 0.6) is 0 Å². The van der Waals surface area contributed by atoms with Crippen LogP contribution < -0.4 is 0 Å². The van der Waals surface area contributed by atoms with E-state index >= 15 is 0 Å². The SMILES string of the molecule is Cc1cccc(S(=O)(=O)OC(=O)c2ccccc2)c1C. The Morgan fingerprint density at radius 1 is 0.950 bits per heavy atom. The Balaban J connectivity index is 2.33. The lowest BCUT2D eigenvalue weighted by molar-refractivity contribution is 0.0746. The summed E-state index contributed by atoms with van der Waals surface area (Å²) in [6.07, 6.45) is 0. The van der Waals surface area contributed by atoms with Gasteiger partial charge < -0.3 is 4.18 Å². The summed E-state index contributed by atoms with van der Waals surface area (Å²) in [5.74, 6) is -0.883. The maximum atomic E-state index is 12.1. The van der Waals surface area contributed by atoms with Crippen molar-refractivity contribution >= 4 is 16.1 Å². The lowest BCUT2D eigenvalue weighted by atomic mass is 10.1. The molecule has 0 aliphatic heterocycles. The highest BCUT2D eigenvalue weighted by Crippen LogP contribution is 2.21. The lowest BCUT2D eigenvalue weighted by Gasteiger charge is -2.09. The minimum absolute atomic E-state index is 0.0155. The van der Waals surface area contributed by atoms with E-state index < -0.39 is 16.1 Å². The Morgan fingerprint density at radius 3 is 2.25 bits per heavy atom. The standard InChI is InChI=1S/C15H14O4S/c1-11-7-6-10-14(12(11)2)20(17,18)19-15(16)13-8-4-3-5-9-13/h3-10H,1-2H3. The molecule has 0 heterocycles. The molecule has 0 amide bonds. The summed E-state index contributed by atoms with van der Waals surface area (Å²) in [7, 11) is -4.11. The number of rotatable bonds is 3. The molecule has 0 spiro atoms. The largest absolute Gasteiger partial charge is 0.354 e. The van der Waals surface area contributed by atoms with Crippen LogP contribution in [0, 0.1) is 13.8 Å². The van der Waals surface area contributed by atoms with Crippen molar-refractivity contribution in [2.45, 2.75) is 18.7 Å². The second-order valence-electron chi connectivity index (χ2n) is 4.39. The fourth-order valence-corrected chi connectivity index (χ4v) is 2.93. The molecule has 0 aliphatic rings. The molecule has 0 N–H and O–H groups in total. The maximum Gasteiger partial charge on any atom is 0.354 e. The van der Waals surface area contributed by atoms with Crippen molar-refractivity contribution in [1.29, 1.82) is 0 Å². The first-order valence-corrected chi connectivity index (χ1v) is 7.43. The molecule has 0 unspecified atom stereocenters. The van der Waals surface area contributed by atoms with Crippen LogP contribution in [0.25, 0.3) is 0 Å². The number of aryl methyl sites for hydroxylation is 1. The minimum atomic E-state index is -4.11. The Kier molecular flexibility index (Phi) is 3.90. The van der Waals surface area contributed by atoms with E-state index in [9.17, 15) is 13.2 Å². The van der Waals surface area contributed by atoms with Crippen LogP contribution in [0.4, 0.5) is 0 Å². The zero-order chi connectivity index (χ0) is 14.8. The molecule has 0 fully saturated rings. The van der Waals surface area contributed by atoms with Gasteiger partial charge in [-0.25, -0.2) is 4.79 Å². The molecular formula is C15H14O4S. The topological polar surface area (TPSA) is 60.4 Å². The molecule has 0 aliphatic carbocycles. The fraction of sp³-hybridized carbons (Fsp3) is 0.133. The predicted octanol–water partition coefficient (Wildman–Crippen LogP) is 2.85. The van der Waals surface area contributed by atoms with Crippen LogP contribution in [0.1, 0.15) is 21.5 Å². The predicted molar refractivity (Wildman–Crippen MR) is 75.0 cm³/mol. The summed E-state index contributed by atoms with van der Waals surface area (Å²) < 4.78 is 29.0. The van der Waals surface area contributed by atoms with Gasteiger partial charge in [0.05, 0.1) is 5.56 Å². The van der Waals surface area contributed by atoms with Crippen LogP contribution in [0.2, 0.25) is 0 Å². The molecule has 0 saturated heterocycles. The van der Waals surface area contributed by atoms with Crippen molar-refractivity contribution in [2.75, 3.05) is 0 Å². The Labute approximate surface area is 118 Å². The summed E-state index contributed by atoms with van der Waals surface area (Å²) in [5, 5.41) is 0. The van der Waals surface area contributed by atoms with E-state index in [1.54, 1.807) is 44.2 Å². The van der Waals surface area contributed by atoms with Crippen LogP contribution >= 0.6 is 0 Å². The maximum absolute atomic E-state index is 12.1. The molecule has 2 rings (SSSR count). The van der Waals surface area contributed by atoms with E-state index in [4.69, 9.17) is 0 Å². The van der Waals surface area contributed by atoms with Gasteiger partial charge in [0.1, 0.15) is 4.90 Å². The highest BCUT2D eigenvalue weighted by Gasteiger charge is 2.23. The zero-order valence-electron chi connectivity index (χ0n) is 11.2. The Morgan fingerprint density at radius 2 is 1.60 bits per heavy atom. The van der Waals surface area contributed by atoms with Crippen molar-refractivity contribution in [3.63, 3.8) is 0 Å². The van der Waals surface area contributed by atoms with Gasteiger partial charge in [-0.05, 0) is 43.2 Å². The lowest BCUT2D eigenvalue weighted by Crippen LogP contribution is -2.14. The van der Waals surface area contributed by atoms with Gasteiger partial charge in [-0.2, -0.15) is 8.42 Å². The molecule has 20 heavy (non-hydrogen) atoms. The zero-order valence-corrected chi connectivity index (χ0v) is 12.0. The second-order valence-corrected chi connectivity index (χ2v) is 5.90. The quantitative estimate of drug-likeness (QED) is 0.816. The smallest absolute Gasteiger partial charge is 0.338 e. The van der Waals surface area contributed by atoms with Crippen LogP contribution in [-0.2, 0) is 14.3 Å². The summed E-state index contributed by atoms with van der Waals surface area (Å²) >= 11 is 0. The van der Waals surface area contributed by atoms with Gasteiger partial charge in [-0.1, -0.05) is 30.3 Å². The average Bonchev–Trinajstić information content (AvgIpc) is 2.42. The summed E-state index contributed by atoms with van der Waals surface area (Å²) in [6.45, 7) is 3.48. The van der Waals surface area contributed by atoms with Crippen molar-refractivity contribution < 1.29 is 17.4 Å². The highest BCUT2D eigenvalue weighted by molar-refractivity contribution is 7.87. The Hall–Kier alpha value is -2.14. The fourth-order valence-electron chi connectivity index (χ4n) is 1.76. The van der Waals surface area contributed by atoms with Crippen molar-refractivity contribution in [3.8, 4) is 0 Å². The third-order valence-corrected chi connectivity index (χ3v) is 4.37. The molecule has 2 aromatic rings. The number of carbonyl (C=O) groups excluding carboxylic acids is 1. The molecule has 0 radical (unpaired) electrons. The van der Waals surface area contributed by atoms with Crippen LogP contribution in [0.3, 0.4) is 0 Å². The van der Waals surface area contributed by atoms with E-state index in [0.29, 0.717) is 5.56 Å². The van der Waals surface area contributed by atoms with Gasteiger partial charge in [0.2, 0.25) is 0 Å². The van der Waals surface area contributed by atoms with Crippen molar-refractivity contribution in [2.24, 2.45) is 0 Å². The number of benzene rings is 2. The Bertz CT molecular complexity index is 734. The van der Waals surface area contributed by atoms with E-state index in [2.05, 4.69) is 4.18 Å². The molecule has 0 aromatic heterocycles. The van der Waals surface area contributed by atoms with Gasteiger partial charge in [0, 0.05) is 0 Å². The summed E-state index contributed by atoms with van der Waals surface area (Å²) in [6, 6.07) is 12.9. The normalized spacial score (nSPS) is 11.1. The van der Waals surface area contributed by atoms with Crippen molar-refractivity contribution in [1.82, 2.24) is 0 Å². The molecule has 0 bridgehead atoms.